The van der Waals surface area contributed by atoms with Crippen LogP contribution >= 0.6 is 11.3 Å². The molecule has 5 rings (SSSR count). The second-order valence-corrected chi connectivity index (χ2v) is 9.01. The second-order valence-electron chi connectivity index (χ2n) is 8.06. The zero-order valence-electron chi connectivity index (χ0n) is 18.0. The van der Waals surface area contributed by atoms with Gasteiger partial charge >= 0.3 is 0 Å². The van der Waals surface area contributed by atoms with Crippen molar-refractivity contribution in [2.45, 2.75) is 26.2 Å². The molecule has 0 saturated carbocycles. The van der Waals surface area contributed by atoms with E-state index in [1.165, 1.54) is 34.6 Å². The van der Waals surface area contributed by atoms with E-state index in [0.29, 0.717) is 17.0 Å². The summed E-state index contributed by atoms with van der Waals surface area (Å²) < 4.78 is 0. The van der Waals surface area contributed by atoms with E-state index in [9.17, 15) is 9.59 Å². The molecule has 0 bridgehead atoms. The van der Waals surface area contributed by atoms with Crippen LogP contribution in [0, 0.1) is 0 Å². The van der Waals surface area contributed by atoms with Crippen LogP contribution in [0.3, 0.4) is 0 Å². The van der Waals surface area contributed by atoms with Crippen molar-refractivity contribution in [3.05, 3.63) is 82.2 Å². The summed E-state index contributed by atoms with van der Waals surface area (Å²) in [5, 5.41) is 5.15. The second kappa shape index (κ2) is 8.63. The van der Waals surface area contributed by atoms with Crippen LogP contribution in [0.4, 0.5) is 17.1 Å². The van der Waals surface area contributed by atoms with E-state index in [0.717, 1.165) is 35.8 Å². The van der Waals surface area contributed by atoms with Gasteiger partial charge in [-0.3, -0.25) is 9.59 Å². The minimum Gasteiger partial charge on any atom is -0.372 e. The number of hydrogen-bond donors (Lipinski definition) is 1. The molecular formula is C26H25N3O2S. The summed E-state index contributed by atoms with van der Waals surface area (Å²) in [5.74, 6) is -0.619. The van der Waals surface area contributed by atoms with Crippen LogP contribution in [0.2, 0.25) is 0 Å². The average Bonchev–Trinajstić information content (AvgIpc) is 3.57. The lowest BCUT2D eigenvalue weighted by atomic mass is 10.1. The first-order valence-electron chi connectivity index (χ1n) is 11.0. The summed E-state index contributed by atoms with van der Waals surface area (Å²) in [6.45, 7) is 4.21. The number of imide groups is 1. The molecule has 1 fully saturated rings. The van der Waals surface area contributed by atoms with Crippen molar-refractivity contribution in [1.29, 1.82) is 0 Å². The minimum absolute atomic E-state index is 0.293. The van der Waals surface area contributed by atoms with E-state index in [1.807, 2.05) is 66.0 Å². The minimum atomic E-state index is -0.327. The van der Waals surface area contributed by atoms with E-state index < -0.39 is 0 Å². The number of thiophene rings is 1. The summed E-state index contributed by atoms with van der Waals surface area (Å²) in [4.78, 5) is 31.3. The molecule has 0 radical (unpaired) electrons. The highest BCUT2D eigenvalue weighted by molar-refractivity contribution is 7.11. The van der Waals surface area contributed by atoms with Gasteiger partial charge < -0.3 is 10.2 Å². The third-order valence-corrected chi connectivity index (χ3v) is 6.95. The van der Waals surface area contributed by atoms with Crippen molar-refractivity contribution >= 4 is 45.8 Å². The lowest BCUT2D eigenvalue weighted by Gasteiger charge is -2.20. The maximum Gasteiger partial charge on any atom is 0.282 e. The molecule has 5 nitrogen and oxygen atoms in total. The number of anilines is 3. The third kappa shape index (κ3) is 3.71. The normalized spacial score (nSPS) is 16.4. The van der Waals surface area contributed by atoms with E-state index in [-0.39, 0.29) is 11.8 Å². The molecule has 1 aromatic heterocycles. The molecule has 6 heteroatoms. The fourth-order valence-corrected chi connectivity index (χ4v) is 5.05. The number of aryl methyl sites for hydroxylation is 1. The van der Waals surface area contributed by atoms with Crippen LogP contribution in [0.1, 0.15) is 30.2 Å². The number of carbonyl (C=O) groups excluding carboxylic acids is 2. The maximum absolute atomic E-state index is 13.5. The van der Waals surface area contributed by atoms with Gasteiger partial charge in [0.1, 0.15) is 5.70 Å². The topological polar surface area (TPSA) is 52.7 Å². The Morgan fingerprint density at radius 1 is 0.875 bits per heavy atom. The Hall–Kier alpha value is -3.38. The van der Waals surface area contributed by atoms with Crippen molar-refractivity contribution < 1.29 is 9.59 Å². The summed E-state index contributed by atoms with van der Waals surface area (Å²) >= 11 is 1.46. The number of rotatable bonds is 6. The van der Waals surface area contributed by atoms with Crippen LogP contribution in [-0.2, 0) is 16.0 Å². The van der Waals surface area contributed by atoms with Crippen LogP contribution in [0.15, 0.2) is 71.7 Å². The molecule has 0 unspecified atom stereocenters. The number of hydrogen-bond acceptors (Lipinski definition) is 5. The fourth-order valence-electron chi connectivity index (χ4n) is 4.29. The standard InChI is InChI=1S/C26H25N3O2S/c1-2-18-7-9-19(10-8-18)27-24-23(22-6-5-17-32-22)25(30)29(26(24)31)21-13-11-20(12-14-21)28-15-3-4-16-28/h5-14,17,27H,2-4,15-16H2,1H3. The largest absolute Gasteiger partial charge is 0.372 e. The van der Waals surface area contributed by atoms with Crippen LogP contribution in [0.25, 0.3) is 5.57 Å². The SMILES string of the molecule is CCc1ccc(NC2=C(c3cccs3)C(=O)N(c3ccc(N4CCCC4)cc3)C2=O)cc1. The van der Waals surface area contributed by atoms with Crippen LogP contribution in [0.5, 0.6) is 0 Å². The Balaban J connectivity index is 1.47. The third-order valence-electron chi connectivity index (χ3n) is 6.06. The van der Waals surface area contributed by atoms with Crippen LogP contribution < -0.4 is 15.1 Å². The molecule has 2 amide bonds. The van der Waals surface area contributed by atoms with Gasteiger partial charge in [0, 0.05) is 29.3 Å². The van der Waals surface area contributed by atoms with Gasteiger partial charge in [0.15, 0.2) is 0 Å². The zero-order valence-corrected chi connectivity index (χ0v) is 18.8. The van der Waals surface area contributed by atoms with Gasteiger partial charge in [0.05, 0.1) is 11.3 Å². The van der Waals surface area contributed by atoms with Gasteiger partial charge in [-0.05, 0) is 72.7 Å². The molecule has 2 aromatic carbocycles. The van der Waals surface area contributed by atoms with Gasteiger partial charge in [0.2, 0.25) is 0 Å². The number of nitrogens with zero attached hydrogens (tertiary/aromatic N) is 2. The van der Waals surface area contributed by atoms with Crippen molar-refractivity contribution in [3.63, 3.8) is 0 Å². The maximum atomic E-state index is 13.5. The molecule has 0 aliphatic carbocycles. The highest BCUT2D eigenvalue weighted by Gasteiger charge is 2.40. The summed E-state index contributed by atoms with van der Waals surface area (Å²) in [6.07, 6.45) is 3.35. The van der Waals surface area contributed by atoms with Crippen molar-refractivity contribution in [1.82, 2.24) is 0 Å². The zero-order chi connectivity index (χ0) is 22.1. The lowest BCUT2D eigenvalue weighted by molar-refractivity contribution is -0.120. The Labute approximate surface area is 192 Å². The molecule has 2 aliphatic rings. The summed E-state index contributed by atoms with van der Waals surface area (Å²) in [5.41, 5.74) is 4.48. The molecular weight excluding hydrogens is 418 g/mol. The van der Waals surface area contributed by atoms with Gasteiger partial charge in [-0.1, -0.05) is 25.1 Å². The van der Waals surface area contributed by atoms with Gasteiger partial charge in [0.25, 0.3) is 11.8 Å². The lowest BCUT2D eigenvalue weighted by Crippen LogP contribution is -2.32. The molecule has 162 valence electrons. The first kappa shape index (κ1) is 20.5. The predicted molar refractivity (Wildman–Crippen MR) is 131 cm³/mol. The number of benzene rings is 2. The van der Waals surface area contributed by atoms with Crippen molar-refractivity contribution in [3.8, 4) is 0 Å². The first-order chi connectivity index (χ1) is 15.7. The molecule has 2 aliphatic heterocycles. The first-order valence-corrected chi connectivity index (χ1v) is 11.9. The molecule has 3 heterocycles. The molecule has 0 spiro atoms. The Morgan fingerprint density at radius 2 is 1.56 bits per heavy atom. The Kier molecular flexibility index (Phi) is 5.53. The van der Waals surface area contributed by atoms with E-state index in [1.54, 1.807) is 0 Å². The van der Waals surface area contributed by atoms with E-state index in [4.69, 9.17) is 0 Å². The molecule has 32 heavy (non-hydrogen) atoms. The van der Waals surface area contributed by atoms with Crippen LogP contribution in [-0.4, -0.2) is 24.9 Å². The Bertz CT molecular complexity index is 1160. The molecule has 0 atom stereocenters. The van der Waals surface area contributed by atoms with Gasteiger partial charge in [-0.25, -0.2) is 4.90 Å². The van der Waals surface area contributed by atoms with Gasteiger partial charge in [-0.15, -0.1) is 11.3 Å². The number of carbonyl (C=O) groups is 2. The highest BCUT2D eigenvalue weighted by Crippen LogP contribution is 2.36. The smallest absolute Gasteiger partial charge is 0.282 e. The molecule has 1 saturated heterocycles. The molecule has 3 aromatic rings. The fraction of sp³-hybridized carbons (Fsp3) is 0.231. The monoisotopic (exact) mass is 443 g/mol. The average molecular weight is 444 g/mol. The van der Waals surface area contributed by atoms with E-state index >= 15 is 0 Å². The van der Waals surface area contributed by atoms with Crippen molar-refractivity contribution in [2.75, 3.05) is 28.2 Å². The van der Waals surface area contributed by atoms with Crippen molar-refractivity contribution in [2.24, 2.45) is 0 Å². The number of nitrogens with one attached hydrogen (secondary N) is 1. The van der Waals surface area contributed by atoms with E-state index in [2.05, 4.69) is 17.1 Å². The predicted octanol–water partition coefficient (Wildman–Crippen LogP) is 5.31. The summed E-state index contributed by atoms with van der Waals surface area (Å²) in [7, 11) is 0. The summed E-state index contributed by atoms with van der Waals surface area (Å²) in [6, 6.07) is 19.5. The Morgan fingerprint density at radius 3 is 2.19 bits per heavy atom. The molecule has 1 N–H and O–H groups in total. The number of amides is 2. The highest BCUT2D eigenvalue weighted by atomic mass is 32.1. The van der Waals surface area contributed by atoms with Gasteiger partial charge in [-0.2, -0.15) is 0 Å². The quantitative estimate of drug-likeness (QED) is 0.525.